The lowest BCUT2D eigenvalue weighted by molar-refractivity contribution is -0.144. The van der Waals surface area contributed by atoms with Crippen LogP contribution in [0.4, 0.5) is 8.78 Å². The van der Waals surface area contributed by atoms with E-state index in [1.54, 1.807) is 0 Å². The standard InChI is InChI=1S/C12H13F2NO3/c1-7(12(17)18-2)15-11(16)6-8-3-4-9(13)10(14)5-8/h3-5,7H,6H2,1-2H3,(H,15,16)/t7-/m0/s1. The number of rotatable bonds is 4. The van der Waals surface area contributed by atoms with Crippen molar-refractivity contribution in [2.45, 2.75) is 19.4 Å². The van der Waals surface area contributed by atoms with Gasteiger partial charge in [0.15, 0.2) is 11.6 Å². The molecule has 0 saturated carbocycles. The zero-order chi connectivity index (χ0) is 13.7. The van der Waals surface area contributed by atoms with E-state index in [-0.39, 0.29) is 6.42 Å². The molecule has 0 aromatic heterocycles. The van der Waals surface area contributed by atoms with E-state index in [0.717, 1.165) is 12.1 Å². The van der Waals surface area contributed by atoms with Crippen LogP contribution in [0.1, 0.15) is 12.5 Å². The van der Waals surface area contributed by atoms with Gasteiger partial charge in [0, 0.05) is 0 Å². The van der Waals surface area contributed by atoms with Crippen molar-refractivity contribution in [2.24, 2.45) is 0 Å². The highest BCUT2D eigenvalue weighted by molar-refractivity contribution is 5.85. The van der Waals surface area contributed by atoms with E-state index in [9.17, 15) is 18.4 Å². The Kier molecular flexibility index (Phi) is 4.76. The van der Waals surface area contributed by atoms with Crippen molar-refractivity contribution < 1.29 is 23.1 Å². The summed E-state index contributed by atoms with van der Waals surface area (Å²) in [4.78, 5) is 22.6. The molecule has 0 saturated heterocycles. The molecule has 0 fully saturated rings. The minimum absolute atomic E-state index is 0.140. The first-order valence-corrected chi connectivity index (χ1v) is 5.25. The largest absolute Gasteiger partial charge is 0.467 e. The summed E-state index contributed by atoms with van der Waals surface area (Å²) >= 11 is 0. The summed E-state index contributed by atoms with van der Waals surface area (Å²) in [6.07, 6.45) is -0.140. The summed E-state index contributed by atoms with van der Waals surface area (Å²) < 4.78 is 30.0. The first-order valence-electron chi connectivity index (χ1n) is 5.25. The summed E-state index contributed by atoms with van der Waals surface area (Å²) in [6.45, 7) is 1.47. The summed E-state index contributed by atoms with van der Waals surface area (Å²) in [6, 6.07) is 2.41. The van der Waals surface area contributed by atoms with Gasteiger partial charge in [0.1, 0.15) is 6.04 Å². The first-order chi connectivity index (χ1) is 8.43. The van der Waals surface area contributed by atoms with Gasteiger partial charge in [-0.3, -0.25) is 4.79 Å². The van der Waals surface area contributed by atoms with Crippen molar-refractivity contribution >= 4 is 11.9 Å². The molecule has 1 amide bonds. The number of ether oxygens (including phenoxy) is 1. The van der Waals surface area contributed by atoms with Crippen LogP contribution in [-0.4, -0.2) is 25.0 Å². The minimum atomic E-state index is -1.01. The predicted octanol–water partition coefficient (Wildman–Crippen LogP) is 1.18. The number of benzene rings is 1. The summed E-state index contributed by atoms with van der Waals surface area (Å²) in [7, 11) is 1.21. The summed E-state index contributed by atoms with van der Waals surface area (Å²) in [5.41, 5.74) is 0.323. The molecule has 1 aromatic rings. The van der Waals surface area contributed by atoms with Gasteiger partial charge in [0.05, 0.1) is 13.5 Å². The molecule has 18 heavy (non-hydrogen) atoms. The van der Waals surface area contributed by atoms with E-state index >= 15 is 0 Å². The minimum Gasteiger partial charge on any atom is -0.467 e. The lowest BCUT2D eigenvalue weighted by Crippen LogP contribution is -2.39. The first kappa shape index (κ1) is 14.1. The third kappa shape index (κ3) is 3.80. The van der Waals surface area contributed by atoms with E-state index in [1.165, 1.54) is 20.1 Å². The monoisotopic (exact) mass is 257 g/mol. The van der Waals surface area contributed by atoms with Crippen molar-refractivity contribution in [3.63, 3.8) is 0 Å². The van der Waals surface area contributed by atoms with E-state index in [2.05, 4.69) is 10.1 Å². The Hall–Kier alpha value is -1.98. The maximum Gasteiger partial charge on any atom is 0.328 e. The highest BCUT2D eigenvalue weighted by Gasteiger charge is 2.16. The molecule has 0 bridgehead atoms. The molecule has 0 aliphatic carbocycles. The fourth-order valence-electron chi connectivity index (χ4n) is 1.36. The van der Waals surface area contributed by atoms with Crippen LogP contribution in [0, 0.1) is 11.6 Å². The van der Waals surface area contributed by atoms with Crippen LogP contribution in [0.2, 0.25) is 0 Å². The van der Waals surface area contributed by atoms with Crippen LogP contribution in [-0.2, 0) is 20.7 Å². The molecular weight excluding hydrogens is 244 g/mol. The van der Waals surface area contributed by atoms with Gasteiger partial charge in [-0.25, -0.2) is 13.6 Å². The summed E-state index contributed by atoms with van der Waals surface area (Å²) in [5.74, 6) is -3.03. The van der Waals surface area contributed by atoms with Crippen molar-refractivity contribution in [1.29, 1.82) is 0 Å². The van der Waals surface area contributed by atoms with Crippen molar-refractivity contribution in [2.75, 3.05) is 7.11 Å². The zero-order valence-electron chi connectivity index (χ0n) is 10.00. The number of hydrogen-bond acceptors (Lipinski definition) is 3. The number of esters is 1. The number of carbonyl (C=O) groups is 2. The van der Waals surface area contributed by atoms with Gasteiger partial charge < -0.3 is 10.1 Å². The SMILES string of the molecule is COC(=O)[C@H](C)NC(=O)Cc1ccc(F)c(F)c1. The van der Waals surface area contributed by atoms with Gasteiger partial charge in [0.25, 0.3) is 0 Å². The summed E-state index contributed by atoms with van der Waals surface area (Å²) in [5, 5.41) is 2.38. The van der Waals surface area contributed by atoms with Crippen LogP contribution in [0.3, 0.4) is 0 Å². The highest BCUT2D eigenvalue weighted by Crippen LogP contribution is 2.09. The van der Waals surface area contributed by atoms with Crippen LogP contribution in [0.15, 0.2) is 18.2 Å². The molecule has 1 N–H and O–H groups in total. The Morgan fingerprint density at radius 2 is 2.00 bits per heavy atom. The second-order valence-corrected chi connectivity index (χ2v) is 3.74. The van der Waals surface area contributed by atoms with Crippen LogP contribution in [0.5, 0.6) is 0 Å². The molecule has 4 nitrogen and oxygen atoms in total. The molecule has 98 valence electrons. The number of halogens is 2. The maximum atomic E-state index is 12.9. The Balaban J connectivity index is 2.59. The smallest absolute Gasteiger partial charge is 0.328 e. The average molecular weight is 257 g/mol. The maximum absolute atomic E-state index is 12.9. The van der Waals surface area contributed by atoms with Crippen molar-refractivity contribution in [1.82, 2.24) is 5.32 Å². The van der Waals surface area contributed by atoms with Gasteiger partial charge in [-0.15, -0.1) is 0 Å². The average Bonchev–Trinajstić information content (AvgIpc) is 2.32. The predicted molar refractivity (Wildman–Crippen MR) is 59.7 cm³/mol. The third-order valence-electron chi connectivity index (χ3n) is 2.28. The quantitative estimate of drug-likeness (QED) is 0.824. The molecule has 0 heterocycles. The van der Waals surface area contributed by atoms with E-state index in [4.69, 9.17) is 0 Å². The number of hydrogen-bond donors (Lipinski definition) is 1. The number of methoxy groups -OCH3 is 1. The number of nitrogens with one attached hydrogen (secondary N) is 1. The molecule has 0 aliphatic rings. The lowest BCUT2D eigenvalue weighted by Gasteiger charge is -2.11. The molecule has 1 atom stereocenters. The van der Waals surface area contributed by atoms with Crippen LogP contribution >= 0.6 is 0 Å². The fraction of sp³-hybridized carbons (Fsp3) is 0.333. The second kappa shape index (κ2) is 6.09. The van der Waals surface area contributed by atoms with Crippen molar-refractivity contribution in [3.8, 4) is 0 Å². The Morgan fingerprint density at radius 1 is 1.33 bits per heavy atom. The third-order valence-corrected chi connectivity index (χ3v) is 2.28. The molecule has 0 radical (unpaired) electrons. The fourth-order valence-corrected chi connectivity index (χ4v) is 1.36. The Morgan fingerprint density at radius 3 is 2.56 bits per heavy atom. The molecule has 1 aromatic carbocycles. The van der Waals surface area contributed by atoms with Crippen LogP contribution in [0.25, 0.3) is 0 Å². The highest BCUT2D eigenvalue weighted by atomic mass is 19.2. The Bertz CT molecular complexity index is 463. The number of amides is 1. The zero-order valence-corrected chi connectivity index (χ0v) is 10.00. The number of carbonyl (C=O) groups excluding carboxylic acids is 2. The Labute approximate surface area is 103 Å². The van der Waals surface area contributed by atoms with Crippen LogP contribution < -0.4 is 5.32 Å². The normalized spacial score (nSPS) is 11.8. The molecule has 0 aliphatic heterocycles. The molecule has 0 unspecified atom stereocenters. The lowest BCUT2D eigenvalue weighted by atomic mass is 10.1. The molecule has 0 spiro atoms. The topological polar surface area (TPSA) is 55.4 Å². The second-order valence-electron chi connectivity index (χ2n) is 3.74. The van der Waals surface area contributed by atoms with E-state index in [0.29, 0.717) is 5.56 Å². The van der Waals surface area contributed by atoms with Crippen molar-refractivity contribution in [3.05, 3.63) is 35.4 Å². The van der Waals surface area contributed by atoms with Gasteiger partial charge >= 0.3 is 5.97 Å². The van der Waals surface area contributed by atoms with Gasteiger partial charge in [-0.2, -0.15) is 0 Å². The molecule has 6 heteroatoms. The van der Waals surface area contributed by atoms with E-state index < -0.39 is 29.6 Å². The van der Waals surface area contributed by atoms with Gasteiger partial charge in [-0.1, -0.05) is 6.07 Å². The molecular formula is C12H13F2NO3. The molecule has 1 rings (SSSR count). The van der Waals surface area contributed by atoms with Gasteiger partial charge in [-0.05, 0) is 24.6 Å². The van der Waals surface area contributed by atoms with E-state index in [1.807, 2.05) is 0 Å². The van der Waals surface area contributed by atoms with Gasteiger partial charge in [0.2, 0.25) is 5.91 Å².